The molecule has 0 saturated heterocycles. The summed E-state index contributed by atoms with van der Waals surface area (Å²) in [6, 6.07) is 18.2. The first kappa shape index (κ1) is 18.2. The van der Waals surface area contributed by atoms with E-state index in [-0.39, 0.29) is 24.5 Å². The number of rotatable bonds is 6. The van der Waals surface area contributed by atoms with Crippen molar-refractivity contribution in [3.63, 3.8) is 0 Å². The first-order valence-electron chi connectivity index (χ1n) is 8.12. The van der Waals surface area contributed by atoms with Crippen LogP contribution in [-0.2, 0) is 14.9 Å². The minimum absolute atomic E-state index is 0.0184. The third kappa shape index (κ3) is 4.66. The van der Waals surface area contributed by atoms with Crippen LogP contribution in [0.15, 0.2) is 54.6 Å². The largest absolute Gasteiger partial charge is 0.368 e. The van der Waals surface area contributed by atoms with Crippen LogP contribution in [-0.4, -0.2) is 17.7 Å². The van der Waals surface area contributed by atoms with Crippen molar-refractivity contribution < 1.29 is 14.7 Å². The Balaban J connectivity index is 2.35. The summed E-state index contributed by atoms with van der Waals surface area (Å²) < 4.78 is 6.05. The average molecular weight is 327 g/mol. The van der Waals surface area contributed by atoms with E-state index in [1.165, 1.54) is 5.56 Å². The molecule has 24 heavy (non-hydrogen) atoms. The maximum absolute atomic E-state index is 11.3. The van der Waals surface area contributed by atoms with Crippen molar-refractivity contribution in [3.05, 3.63) is 71.3 Å². The van der Waals surface area contributed by atoms with E-state index in [2.05, 4.69) is 32.9 Å². The van der Waals surface area contributed by atoms with Crippen LogP contribution in [0.4, 0.5) is 0 Å². The lowest BCUT2D eigenvalue weighted by Crippen LogP contribution is -2.22. The Bertz CT molecular complexity index is 662. The highest BCUT2D eigenvalue weighted by Crippen LogP contribution is 2.34. The van der Waals surface area contributed by atoms with Gasteiger partial charge in [0.25, 0.3) is 0 Å². The van der Waals surface area contributed by atoms with Gasteiger partial charge in [0.2, 0.25) is 5.91 Å². The van der Waals surface area contributed by atoms with E-state index in [0.29, 0.717) is 0 Å². The highest BCUT2D eigenvalue weighted by Gasteiger charge is 2.24. The number of benzene rings is 2. The van der Waals surface area contributed by atoms with Gasteiger partial charge >= 0.3 is 0 Å². The summed E-state index contributed by atoms with van der Waals surface area (Å²) in [5.41, 5.74) is 4.97. The molecule has 1 amide bonds. The Morgan fingerprint density at radius 2 is 1.71 bits per heavy atom. The summed E-state index contributed by atoms with van der Waals surface area (Å²) in [4.78, 5) is 11.3. The number of carbonyl (C=O) groups is 1. The average Bonchev–Trinajstić information content (AvgIpc) is 2.58. The summed E-state index contributed by atoms with van der Waals surface area (Å²) in [6.07, 6.45) is -0.148. The molecule has 1 atom stereocenters. The van der Waals surface area contributed by atoms with Crippen LogP contribution in [0.2, 0.25) is 0 Å². The molecule has 2 rings (SSSR count). The van der Waals surface area contributed by atoms with Crippen molar-refractivity contribution in [3.8, 4) is 0 Å². The number of carbonyl (C=O) groups excluding carboxylic acids is 1. The van der Waals surface area contributed by atoms with Gasteiger partial charge in [0.15, 0.2) is 0 Å². The number of hydrogen-bond donors (Lipinski definition) is 2. The van der Waals surface area contributed by atoms with Gasteiger partial charge in [-0.15, -0.1) is 0 Å². The van der Waals surface area contributed by atoms with E-state index < -0.39 is 5.91 Å². The molecule has 0 aliphatic rings. The predicted molar refractivity (Wildman–Crippen MR) is 93.9 cm³/mol. The van der Waals surface area contributed by atoms with Crippen molar-refractivity contribution >= 4 is 5.91 Å². The van der Waals surface area contributed by atoms with E-state index in [9.17, 15) is 4.79 Å². The molecule has 0 aromatic heterocycles. The molecular weight excluding hydrogens is 302 g/mol. The van der Waals surface area contributed by atoms with Crippen LogP contribution in [0.3, 0.4) is 0 Å². The second kappa shape index (κ2) is 8.08. The van der Waals surface area contributed by atoms with Gasteiger partial charge in [-0.05, 0) is 22.1 Å². The first-order valence-corrected chi connectivity index (χ1v) is 8.12. The summed E-state index contributed by atoms with van der Waals surface area (Å²) in [7, 11) is 0. The monoisotopic (exact) mass is 327 g/mol. The highest BCUT2D eigenvalue weighted by atomic mass is 16.5. The van der Waals surface area contributed by atoms with Gasteiger partial charge in [-0.3, -0.25) is 10.0 Å². The van der Waals surface area contributed by atoms with Crippen LogP contribution in [0.25, 0.3) is 0 Å². The Hall–Kier alpha value is -2.17. The lowest BCUT2D eigenvalue weighted by Gasteiger charge is -2.28. The van der Waals surface area contributed by atoms with Gasteiger partial charge in [0.05, 0.1) is 13.0 Å². The second-order valence-electron chi connectivity index (χ2n) is 6.78. The van der Waals surface area contributed by atoms with Gasteiger partial charge in [0, 0.05) is 0 Å². The minimum Gasteiger partial charge on any atom is -0.368 e. The fourth-order valence-electron chi connectivity index (χ4n) is 2.73. The Labute approximate surface area is 143 Å². The number of hydrogen-bond acceptors (Lipinski definition) is 3. The highest BCUT2D eigenvalue weighted by molar-refractivity contribution is 5.74. The van der Waals surface area contributed by atoms with Crippen molar-refractivity contribution in [2.24, 2.45) is 0 Å². The molecule has 4 nitrogen and oxygen atoms in total. The molecule has 0 aliphatic carbocycles. The molecule has 0 heterocycles. The number of amides is 1. The molecule has 2 N–H and O–H groups in total. The first-order chi connectivity index (χ1) is 11.4. The Morgan fingerprint density at radius 3 is 2.33 bits per heavy atom. The molecule has 2 aromatic carbocycles. The maximum Gasteiger partial charge on any atom is 0.245 e. The zero-order chi connectivity index (χ0) is 17.6. The minimum atomic E-state index is -0.453. The standard InChI is InChI=1S/C20H25NO3/c1-20(2,3)17-12-8-7-11-16(17)19(15-9-5-4-6-10-15)24-14-13-18(22)21-23/h4-12,19,23H,13-14H2,1-3H3,(H,21,22). The summed E-state index contributed by atoms with van der Waals surface area (Å²) in [6.45, 7) is 6.75. The summed E-state index contributed by atoms with van der Waals surface area (Å²) in [5, 5.41) is 8.63. The molecule has 0 saturated carbocycles. The zero-order valence-corrected chi connectivity index (χ0v) is 14.5. The van der Waals surface area contributed by atoms with Crippen LogP contribution in [0.5, 0.6) is 0 Å². The van der Waals surface area contributed by atoms with Crippen LogP contribution >= 0.6 is 0 Å². The molecule has 0 aliphatic heterocycles. The van der Waals surface area contributed by atoms with Crippen molar-refractivity contribution in [1.29, 1.82) is 0 Å². The molecular formula is C20H25NO3. The summed E-state index contributed by atoms with van der Waals surface area (Å²) in [5.74, 6) is -0.453. The fourth-order valence-corrected chi connectivity index (χ4v) is 2.73. The molecule has 0 spiro atoms. The third-order valence-electron chi connectivity index (χ3n) is 3.89. The lowest BCUT2D eigenvalue weighted by atomic mass is 9.81. The van der Waals surface area contributed by atoms with Crippen LogP contribution < -0.4 is 5.48 Å². The maximum atomic E-state index is 11.3. The SMILES string of the molecule is CC(C)(C)c1ccccc1C(OCCC(=O)NO)c1ccccc1. The smallest absolute Gasteiger partial charge is 0.245 e. The van der Waals surface area contributed by atoms with E-state index in [0.717, 1.165) is 11.1 Å². The van der Waals surface area contributed by atoms with Gasteiger partial charge < -0.3 is 4.74 Å². The lowest BCUT2D eigenvalue weighted by molar-refractivity contribution is -0.130. The summed E-state index contributed by atoms with van der Waals surface area (Å²) >= 11 is 0. The van der Waals surface area contributed by atoms with E-state index in [4.69, 9.17) is 9.94 Å². The molecule has 0 bridgehead atoms. The Kier molecular flexibility index (Phi) is 6.12. The normalized spacial score (nSPS) is 12.7. The number of ether oxygens (including phenoxy) is 1. The molecule has 128 valence electrons. The molecule has 0 radical (unpaired) electrons. The predicted octanol–water partition coefficient (Wildman–Crippen LogP) is 3.99. The number of nitrogens with one attached hydrogen (secondary N) is 1. The van der Waals surface area contributed by atoms with Crippen molar-refractivity contribution in [1.82, 2.24) is 5.48 Å². The molecule has 4 heteroatoms. The quantitative estimate of drug-likeness (QED) is 0.623. The Morgan fingerprint density at radius 1 is 1.08 bits per heavy atom. The van der Waals surface area contributed by atoms with Crippen LogP contribution in [0.1, 0.15) is 50.0 Å². The van der Waals surface area contributed by atoms with E-state index in [1.807, 2.05) is 42.5 Å². The van der Waals surface area contributed by atoms with Crippen molar-refractivity contribution in [2.75, 3.05) is 6.61 Å². The fraction of sp³-hybridized carbons (Fsp3) is 0.350. The van der Waals surface area contributed by atoms with Gasteiger partial charge in [0.1, 0.15) is 6.10 Å². The van der Waals surface area contributed by atoms with Gasteiger partial charge in [-0.2, -0.15) is 0 Å². The van der Waals surface area contributed by atoms with Gasteiger partial charge in [-0.1, -0.05) is 75.4 Å². The zero-order valence-electron chi connectivity index (χ0n) is 14.5. The van der Waals surface area contributed by atoms with Crippen LogP contribution in [0, 0.1) is 0 Å². The van der Waals surface area contributed by atoms with Gasteiger partial charge in [-0.25, -0.2) is 5.48 Å². The second-order valence-corrected chi connectivity index (χ2v) is 6.78. The van der Waals surface area contributed by atoms with Crippen molar-refractivity contribution in [2.45, 2.75) is 38.7 Å². The topological polar surface area (TPSA) is 58.6 Å². The molecule has 0 fully saturated rings. The molecule has 2 aromatic rings. The number of hydroxylamine groups is 1. The van der Waals surface area contributed by atoms with E-state index >= 15 is 0 Å². The van der Waals surface area contributed by atoms with E-state index in [1.54, 1.807) is 5.48 Å². The molecule has 1 unspecified atom stereocenters. The third-order valence-corrected chi connectivity index (χ3v) is 3.89.